The van der Waals surface area contributed by atoms with Gasteiger partial charge in [0.15, 0.2) is 0 Å². The lowest BCUT2D eigenvalue weighted by atomic mass is 10.2. The Morgan fingerprint density at radius 2 is 2.11 bits per heavy atom. The fraction of sp³-hybridized carbons (Fsp3) is 0.533. The van der Waals surface area contributed by atoms with Gasteiger partial charge >= 0.3 is 0 Å². The van der Waals surface area contributed by atoms with E-state index in [0.29, 0.717) is 13.2 Å². The molecule has 0 saturated carbocycles. The number of nitrogens with zero attached hydrogens (tertiary/aromatic N) is 1. The van der Waals surface area contributed by atoms with Gasteiger partial charge in [-0.2, -0.15) is 0 Å². The lowest BCUT2D eigenvalue weighted by Crippen LogP contribution is -2.31. The van der Waals surface area contributed by atoms with Crippen LogP contribution in [0.15, 0.2) is 29.3 Å². The average molecular weight is 279 g/mol. The number of aryl methyl sites for hydroxylation is 1. The Labute approximate surface area is 119 Å². The summed E-state index contributed by atoms with van der Waals surface area (Å²) < 4.78 is 11.3. The van der Waals surface area contributed by atoms with E-state index in [-0.39, 0.29) is 12.2 Å². The first-order valence-electron chi connectivity index (χ1n) is 6.63. The Morgan fingerprint density at radius 1 is 1.37 bits per heavy atom. The Hall–Kier alpha value is -0.840. The monoisotopic (exact) mass is 279 g/mol. The van der Waals surface area contributed by atoms with Gasteiger partial charge in [0.2, 0.25) is 0 Å². The number of hydrogen-bond donors (Lipinski definition) is 0. The number of benzene rings is 1. The van der Waals surface area contributed by atoms with Gasteiger partial charge in [0.25, 0.3) is 0 Å². The standard InChI is InChI=1S/C15H21NO2S/c1-11(2)17-8-14-10-19-15(9-18-14)16-13-6-4-12(3)5-7-13/h4-7,11,14H,8-10H2,1-3H3. The zero-order valence-corrected chi connectivity index (χ0v) is 12.6. The summed E-state index contributed by atoms with van der Waals surface area (Å²) in [7, 11) is 0. The Balaban J connectivity index is 1.84. The van der Waals surface area contributed by atoms with Crippen molar-refractivity contribution >= 4 is 22.5 Å². The van der Waals surface area contributed by atoms with E-state index in [9.17, 15) is 0 Å². The molecule has 0 aliphatic carbocycles. The smallest absolute Gasteiger partial charge is 0.0997 e. The van der Waals surface area contributed by atoms with Crippen molar-refractivity contribution in [2.24, 2.45) is 4.99 Å². The van der Waals surface area contributed by atoms with Crippen molar-refractivity contribution in [3.05, 3.63) is 29.8 Å². The summed E-state index contributed by atoms with van der Waals surface area (Å²) in [5.41, 5.74) is 2.25. The van der Waals surface area contributed by atoms with E-state index in [4.69, 9.17) is 9.47 Å². The Kier molecular flexibility index (Phi) is 5.43. The molecule has 0 radical (unpaired) electrons. The fourth-order valence-corrected chi connectivity index (χ4v) is 2.58. The molecule has 4 heteroatoms. The molecule has 1 unspecified atom stereocenters. The molecule has 0 aromatic heterocycles. The molecule has 1 aromatic rings. The molecule has 2 rings (SSSR count). The SMILES string of the molecule is Cc1ccc(N=C2COC(COC(C)C)CS2)cc1. The van der Waals surface area contributed by atoms with E-state index >= 15 is 0 Å². The Morgan fingerprint density at radius 3 is 2.68 bits per heavy atom. The minimum atomic E-state index is 0.185. The van der Waals surface area contributed by atoms with Crippen LogP contribution in [0.25, 0.3) is 0 Å². The number of rotatable bonds is 4. The molecule has 1 fully saturated rings. The highest BCUT2D eigenvalue weighted by molar-refractivity contribution is 8.14. The van der Waals surface area contributed by atoms with Gasteiger partial charge in [0.05, 0.1) is 36.2 Å². The Bertz CT molecular complexity index is 418. The first kappa shape index (κ1) is 14.6. The minimum Gasteiger partial charge on any atom is -0.376 e. The van der Waals surface area contributed by atoms with Gasteiger partial charge in [-0.25, -0.2) is 4.99 Å². The van der Waals surface area contributed by atoms with Crippen LogP contribution in [0.1, 0.15) is 19.4 Å². The fourth-order valence-electron chi connectivity index (χ4n) is 1.69. The van der Waals surface area contributed by atoms with Crippen molar-refractivity contribution in [3.63, 3.8) is 0 Å². The van der Waals surface area contributed by atoms with Crippen molar-refractivity contribution in [3.8, 4) is 0 Å². The molecule has 1 aliphatic rings. The number of hydrogen-bond acceptors (Lipinski definition) is 4. The van der Waals surface area contributed by atoms with E-state index in [1.54, 1.807) is 11.8 Å². The summed E-state index contributed by atoms with van der Waals surface area (Å²) in [6.07, 6.45) is 0.445. The van der Waals surface area contributed by atoms with Crippen LogP contribution in [-0.4, -0.2) is 36.2 Å². The van der Waals surface area contributed by atoms with Crippen LogP contribution in [0, 0.1) is 6.92 Å². The van der Waals surface area contributed by atoms with Crippen LogP contribution in [-0.2, 0) is 9.47 Å². The van der Waals surface area contributed by atoms with Crippen LogP contribution in [0.2, 0.25) is 0 Å². The molecule has 0 amide bonds. The molecule has 1 aliphatic heterocycles. The van der Waals surface area contributed by atoms with Crippen molar-refractivity contribution in [1.82, 2.24) is 0 Å². The second-order valence-corrected chi connectivity index (χ2v) is 6.06. The molecule has 1 aromatic carbocycles. The summed E-state index contributed by atoms with van der Waals surface area (Å²) in [5.74, 6) is 0.914. The molecule has 3 nitrogen and oxygen atoms in total. The lowest BCUT2D eigenvalue weighted by Gasteiger charge is -2.24. The molecule has 0 spiro atoms. The highest BCUT2D eigenvalue weighted by Gasteiger charge is 2.19. The third-order valence-corrected chi connectivity index (χ3v) is 3.86. The van der Waals surface area contributed by atoms with Gasteiger partial charge in [-0.05, 0) is 32.9 Å². The zero-order valence-electron chi connectivity index (χ0n) is 11.8. The van der Waals surface area contributed by atoms with Crippen LogP contribution in [0.4, 0.5) is 5.69 Å². The van der Waals surface area contributed by atoms with Crippen LogP contribution in [0.3, 0.4) is 0 Å². The average Bonchev–Trinajstić information content (AvgIpc) is 2.40. The molecular formula is C15H21NO2S. The second kappa shape index (κ2) is 7.08. The highest BCUT2D eigenvalue weighted by Crippen LogP contribution is 2.21. The topological polar surface area (TPSA) is 30.8 Å². The van der Waals surface area contributed by atoms with Gasteiger partial charge in [0, 0.05) is 5.75 Å². The lowest BCUT2D eigenvalue weighted by molar-refractivity contribution is -0.0136. The predicted molar refractivity (Wildman–Crippen MR) is 81.6 cm³/mol. The van der Waals surface area contributed by atoms with Gasteiger partial charge in [0.1, 0.15) is 0 Å². The molecule has 1 saturated heterocycles. The largest absolute Gasteiger partial charge is 0.376 e. The van der Waals surface area contributed by atoms with E-state index < -0.39 is 0 Å². The van der Waals surface area contributed by atoms with Crippen LogP contribution < -0.4 is 0 Å². The maximum atomic E-state index is 5.76. The molecule has 1 heterocycles. The summed E-state index contributed by atoms with van der Waals surface area (Å²) in [5, 5.41) is 1.05. The first-order chi connectivity index (χ1) is 9.13. The summed E-state index contributed by atoms with van der Waals surface area (Å²) in [4.78, 5) is 4.60. The van der Waals surface area contributed by atoms with Crippen molar-refractivity contribution in [1.29, 1.82) is 0 Å². The van der Waals surface area contributed by atoms with E-state index in [2.05, 4.69) is 24.0 Å². The number of thioether (sulfide) groups is 1. The van der Waals surface area contributed by atoms with Gasteiger partial charge in [-0.1, -0.05) is 17.7 Å². The molecule has 1 atom stereocenters. The highest BCUT2D eigenvalue weighted by atomic mass is 32.2. The van der Waals surface area contributed by atoms with E-state index in [1.165, 1.54) is 5.56 Å². The number of ether oxygens (including phenoxy) is 2. The van der Waals surface area contributed by atoms with Crippen LogP contribution >= 0.6 is 11.8 Å². The molecule has 104 valence electrons. The first-order valence-corrected chi connectivity index (χ1v) is 7.62. The van der Waals surface area contributed by atoms with Gasteiger partial charge in [-0.3, -0.25) is 0 Å². The van der Waals surface area contributed by atoms with Crippen molar-refractivity contribution < 1.29 is 9.47 Å². The molecular weight excluding hydrogens is 258 g/mol. The minimum absolute atomic E-state index is 0.185. The third-order valence-electron chi connectivity index (χ3n) is 2.78. The summed E-state index contributed by atoms with van der Waals surface area (Å²) in [6.45, 7) is 7.42. The van der Waals surface area contributed by atoms with Crippen molar-refractivity contribution in [2.75, 3.05) is 19.0 Å². The van der Waals surface area contributed by atoms with Gasteiger partial charge < -0.3 is 9.47 Å². The maximum Gasteiger partial charge on any atom is 0.0997 e. The van der Waals surface area contributed by atoms with E-state index in [0.717, 1.165) is 16.5 Å². The maximum absolute atomic E-state index is 5.76. The molecule has 0 N–H and O–H groups in total. The summed E-state index contributed by atoms with van der Waals surface area (Å²) >= 11 is 1.77. The van der Waals surface area contributed by atoms with Crippen molar-refractivity contribution in [2.45, 2.75) is 33.0 Å². The zero-order chi connectivity index (χ0) is 13.7. The van der Waals surface area contributed by atoms with Gasteiger partial charge in [-0.15, -0.1) is 11.8 Å². The third kappa shape index (κ3) is 4.97. The molecule has 0 bridgehead atoms. The summed E-state index contributed by atoms with van der Waals surface area (Å²) in [6, 6.07) is 8.23. The number of aliphatic imine (C=N–C) groups is 1. The normalized spacial score (nSPS) is 22.1. The van der Waals surface area contributed by atoms with E-state index in [1.807, 2.05) is 26.0 Å². The van der Waals surface area contributed by atoms with Crippen LogP contribution in [0.5, 0.6) is 0 Å². The quantitative estimate of drug-likeness (QED) is 0.844. The predicted octanol–water partition coefficient (Wildman–Crippen LogP) is 3.58. The second-order valence-electron chi connectivity index (χ2n) is 4.97. The molecule has 19 heavy (non-hydrogen) atoms.